The highest BCUT2D eigenvalue weighted by molar-refractivity contribution is 6.22. The van der Waals surface area contributed by atoms with Gasteiger partial charge in [0.15, 0.2) is 11.6 Å². The van der Waals surface area contributed by atoms with Gasteiger partial charge in [0, 0.05) is 44.3 Å². The minimum atomic E-state index is -0.0744. The van der Waals surface area contributed by atoms with Crippen LogP contribution in [-0.4, -0.2) is 24.1 Å². The van der Waals surface area contributed by atoms with Crippen LogP contribution in [0, 0.1) is 0 Å². The van der Waals surface area contributed by atoms with Crippen molar-refractivity contribution in [3.8, 4) is 67.5 Å². The lowest BCUT2D eigenvalue weighted by molar-refractivity contribution is 0.740. The molecule has 0 aliphatic heterocycles. The summed E-state index contributed by atoms with van der Waals surface area (Å²) in [4.78, 5) is 16.6. The third-order valence-electron chi connectivity index (χ3n) is 16.8. The number of fused-ring (bicyclic) bond motifs is 12. The molecule has 0 saturated heterocycles. The molecule has 1 atom stereocenters. The molecule has 0 amide bonds. The highest BCUT2D eigenvalue weighted by Crippen LogP contribution is 2.47. The van der Waals surface area contributed by atoms with Crippen molar-refractivity contribution < 1.29 is 0 Å². The lowest BCUT2D eigenvalue weighted by atomic mass is 9.78. The van der Waals surface area contributed by atoms with Crippen molar-refractivity contribution in [2.24, 2.45) is 0 Å². The molecule has 5 nitrogen and oxygen atoms in total. The molecule has 3 aromatic heterocycles. The van der Waals surface area contributed by atoms with Gasteiger partial charge in [-0.25, -0.2) is 15.0 Å². The lowest BCUT2D eigenvalue weighted by Crippen LogP contribution is -2.15. The van der Waals surface area contributed by atoms with Crippen molar-refractivity contribution in [1.29, 1.82) is 0 Å². The van der Waals surface area contributed by atoms with Crippen molar-refractivity contribution in [3.05, 3.63) is 283 Å². The van der Waals surface area contributed by atoms with E-state index in [1.807, 2.05) is 0 Å². The van der Waals surface area contributed by atoms with E-state index in [4.69, 9.17) is 15.0 Å². The summed E-state index contributed by atoms with van der Waals surface area (Å²) < 4.78 is 4.90. The fourth-order valence-electron chi connectivity index (χ4n) is 13.2. The molecule has 5 heteroatoms. The zero-order valence-electron chi connectivity index (χ0n) is 43.8. The Morgan fingerprint density at radius 3 is 1.61 bits per heavy atom. The van der Waals surface area contributed by atoms with Gasteiger partial charge in [0.1, 0.15) is 5.82 Å². The molecule has 80 heavy (non-hydrogen) atoms. The first-order valence-electron chi connectivity index (χ1n) is 27.8. The number of rotatable bonds is 8. The first-order valence-corrected chi connectivity index (χ1v) is 27.8. The van der Waals surface area contributed by atoms with Crippen molar-refractivity contribution in [1.82, 2.24) is 24.1 Å². The van der Waals surface area contributed by atoms with Crippen LogP contribution < -0.4 is 0 Å². The Morgan fingerprint density at radius 1 is 0.362 bits per heavy atom. The Hall–Kier alpha value is -10.2. The summed E-state index contributed by atoms with van der Waals surface area (Å²) >= 11 is 0. The number of para-hydroxylation sites is 2. The normalized spacial score (nSPS) is 13.9. The second-order valence-electron chi connectivity index (χ2n) is 21.3. The van der Waals surface area contributed by atoms with Crippen molar-refractivity contribution in [2.75, 3.05) is 0 Å². The van der Waals surface area contributed by atoms with Gasteiger partial charge in [0.25, 0.3) is 0 Å². The van der Waals surface area contributed by atoms with Gasteiger partial charge in [-0.2, -0.15) is 0 Å². The van der Waals surface area contributed by atoms with Gasteiger partial charge >= 0.3 is 0 Å². The molecular weight excluding hydrogens is 971 g/mol. The number of nitrogens with zero attached hydrogens (tertiary/aromatic N) is 5. The van der Waals surface area contributed by atoms with Crippen molar-refractivity contribution >= 4 is 66.5 Å². The summed E-state index contributed by atoms with van der Waals surface area (Å²) in [7, 11) is 0. The molecular formula is C75H51N5. The Morgan fingerprint density at radius 2 is 0.912 bits per heavy atom. The number of hydrogen-bond acceptors (Lipinski definition) is 3. The molecule has 2 aliphatic carbocycles. The van der Waals surface area contributed by atoms with Gasteiger partial charge < -0.3 is 9.13 Å². The van der Waals surface area contributed by atoms with Crippen LogP contribution in [-0.2, 0) is 12.8 Å². The maximum atomic E-state index is 5.65. The largest absolute Gasteiger partial charge is 0.309 e. The first kappa shape index (κ1) is 45.9. The van der Waals surface area contributed by atoms with Gasteiger partial charge in [-0.1, -0.05) is 218 Å². The molecule has 376 valence electrons. The quantitative estimate of drug-likeness (QED) is 0.152. The van der Waals surface area contributed by atoms with E-state index in [9.17, 15) is 0 Å². The molecule has 0 fully saturated rings. The lowest BCUT2D eigenvalue weighted by Gasteiger charge is -2.27. The summed E-state index contributed by atoms with van der Waals surface area (Å²) in [5.74, 6) is 1.98. The zero-order chi connectivity index (χ0) is 52.7. The molecule has 16 rings (SSSR count). The van der Waals surface area contributed by atoms with Gasteiger partial charge in [-0.05, 0) is 134 Å². The van der Waals surface area contributed by atoms with E-state index in [1.165, 1.54) is 71.3 Å². The minimum absolute atomic E-state index is 0.0744. The molecule has 14 aromatic rings. The van der Waals surface area contributed by atoms with E-state index < -0.39 is 0 Å². The molecule has 3 heterocycles. The fourth-order valence-corrected chi connectivity index (χ4v) is 13.2. The Kier molecular flexibility index (Phi) is 10.8. The van der Waals surface area contributed by atoms with E-state index >= 15 is 0 Å². The van der Waals surface area contributed by atoms with Crippen LogP contribution in [0.1, 0.15) is 40.4 Å². The van der Waals surface area contributed by atoms with Crippen molar-refractivity contribution in [3.63, 3.8) is 0 Å². The van der Waals surface area contributed by atoms with E-state index in [-0.39, 0.29) is 5.92 Å². The molecule has 0 N–H and O–H groups in total. The zero-order valence-corrected chi connectivity index (χ0v) is 43.8. The Labute approximate surface area is 463 Å². The smallest absolute Gasteiger partial charge is 0.165 e. The number of allylic oxidation sites excluding steroid dienone is 2. The average Bonchev–Trinajstić information content (AvgIpc) is 4.21. The summed E-state index contributed by atoms with van der Waals surface area (Å²) in [5.41, 5.74) is 20.9. The van der Waals surface area contributed by atoms with E-state index in [0.717, 1.165) is 86.3 Å². The predicted molar refractivity (Wildman–Crippen MR) is 332 cm³/mol. The summed E-state index contributed by atoms with van der Waals surface area (Å²) in [6, 6.07) is 87.8. The molecule has 1 unspecified atom stereocenters. The molecule has 2 aliphatic rings. The highest BCUT2D eigenvalue weighted by atomic mass is 15.1. The average molecular weight is 1020 g/mol. The first-order chi connectivity index (χ1) is 39.7. The third-order valence-corrected chi connectivity index (χ3v) is 16.8. The third kappa shape index (κ3) is 7.42. The van der Waals surface area contributed by atoms with Crippen LogP contribution in [0.4, 0.5) is 0 Å². The van der Waals surface area contributed by atoms with Crippen LogP contribution in [0.2, 0.25) is 0 Å². The van der Waals surface area contributed by atoms with Crippen LogP contribution in [0.3, 0.4) is 0 Å². The van der Waals surface area contributed by atoms with E-state index in [0.29, 0.717) is 11.6 Å². The maximum absolute atomic E-state index is 5.65. The van der Waals surface area contributed by atoms with Gasteiger partial charge in [0.2, 0.25) is 0 Å². The van der Waals surface area contributed by atoms with Gasteiger partial charge in [0.05, 0.1) is 27.8 Å². The van der Waals surface area contributed by atoms with E-state index in [2.05, 4.69) is 276 Å². The summed E-state index contributed by atoms with van der Waals surface area (Å²) in [6.07, 6.45) is 12.2. The Bertz CT molecular complexity index is 4840. The maximum Gasteiger partial charge on any atom is 0.165 e. The number of hydrogen-bond donors (Lipinski definition) is 0. The molecule has 0 radical (unpaired) electrons. The molecule has 0 saturated carbocycles. The van der Waals surface area contributed by atoms with Crippen molar-refractivity contribution in [2.45, 2.75) is 25.2 Å². The standard InChI is InChI=1S/C75H51N5/c1-5-21-48(22-6-1)51-39-43-63-69(46-51)80(68-38-20-35-61(72(63)68)60-34-19-37-67-71(60)62-33-17-18-36-66(62)79(67)54-27-11-4-12-28-54)70-47-52(49-23-7-2-8-24-49)40-44-64(70)75-77-73(50-25-9-3-10-26-50)76-74(78-75)53-41-42-59-57-31-14-13-29-55(57)56-30-15-16-32-58(56)65(59)45-53/h1-15,17-31,33-44,46-47,53H,16,32,45H2. The van der Waals surface area contributed by atoms with Gasteiger partial charge in [-0.15, -0.1) is 0 Å². The van der Waals surface area contributed by atoms with Crippen LogP contribution in [0.25, 0.3) is 134 Å². The predicted octanol–water partition coefficient (Wildman–Crippen LogP) is 18.9. The van der Waals surface area contributed by atoms with Crippen LogP contribution in [0.15, 0.2) is 255 Å². The summed E-state index contributed by atoms with van der Waals surface area (Å²) in [5, 5.41) is 7.40. The second kappa shape index (κ2) is 18.8. The molecule has 0 spiro atoms. The van der Waals surface area contributed by atoms with E-state index in [1.54, 1.807) is 0 Å². The monoisotopic (exact) mass is 1020 g/mol. The minimum Gasteiger partial charge on any atom is -0.309 e. The second-order valence-corrected chi connectivity index (χ2v) is 21.3. The summed E-state index contributed by atoms with van der Waals surface area (Å²) in [6.45, 7) is 0. The van der Waals surface area contributed by atoms with Crippen LogP contribution >= 0.6 is 0 Å². The highest BCUT2D eigenvalue weighted by Gasteiger charge is 2.29. The molecule has 11 aromatic carbocycles. The Balaban J connectivity index is 0.963. The molecule has 0 bridgehead atoms. The topological polar surface area (TPSA) is 48.5 Å². The van der Waals surface area contributed by atoms with Gasteiger partial charge in [-0.3, -0.25) is 0 Å². The SMILES string of the molecule is C1=Cc2c(c3c(c4ccccc24)C=CC(c2nc(-c4ccccc4)nc(-c4ccc(-c5ccccc5)cc4-n4c5cc(-c6ccccc6)ccc5c5c(-c6cccc7c6c6ccccc6n7-c6ccccc6)cccc54)n2)C3)CC1. The fraction of sp³-hybridized carbons (Fsp3) is 0.0533. The number of aromatic nitrogens is 5. The van der Waals surface area contributed by atoms with Crippen LogP contribution in [0.5, 0.6) is 0 Å². The number of benzene rings is 11.